The van der Waals surface area contributed by atoms with Crippen molar-refractivity contribution in [2.45, 2.75) is 26.3 Å². The van der Waals surface area contributed by atoms with E-state index >= 15 is 0 Å². The van der Waals surface area contributed by atoms with Gasteiger partial charge in [-0.2, -0.15) is 0 Å². The topological polar surface area (TPSA) is 75.7 Å². The molecule has 0 aliphatic rings. The minimum absolute atomic E-state index is 0.221. The van der Waals surface area contributed by atoms with Crippen LogP contribution >= 0.6 is 15.9 Å². The molecule has 2 aromatic carbocycles. The van der Waals surface area contributed by atoms with E-state index in [1.165, 1.54) is 0 Å². The first kappa shape index (κ1) is 22.2. The highest BCUT2D eigenvalue weighted by molar-refractivity contribution is 9.10. The summed E-state index contributed by atoms with van der Waals surface area (Å²) in [6, 6.07) is 12.4. The van der Waals surface area contributed by atoms with Gasteiger partial charge in [-0.25, -0.2) is 8.42 Å². The molecule has 0 aromatic heterocycles. The average molecular weight is 469 g/mol. The maximum absolute atomic E-state index is 12.7. The zero-order valence-corrected chi connectivity index (χ0v) is 18.8. The molecule has 0 bridgehead atoms. The van der Waals surface area contributed by atoms with Gasteiger partial charge in [-0.15, -0.1) is 0 Å². The van der Waals surface area contributed by atoms with Gasteiger partial charge >= 0.3 is 0 Å². The minimum atomic E-state index is -3.62. The number of carbonyl (C=O) groups excluding carboxylic acids is 1. The first-order chi connectivity index (χ1) is 13.2. The van der Waals surface area contributed by atoms with E-state index in [-0.39, 0.29) is 18.5 Å². The van der Waals surface area contributed by atoms with Crippen molar-refractivity contribution in [1.82, 2.24) is 5.32 Å². The van der Waals surface area contributed by atoms with Crippen molar-refractivity contribution in [3.05, 3.63) is 58.1 Å². The highest BCUT2D eigenvalue weighted by Gasteiger charge is 2.23. The third-order valence-electron chi connectivity index (χ3n) is 4.35. The van der Waals surface area contributed by atoms with Crippen molar-refractivity contribution in [1.29, 1.82) is 0 Å². The monoisotopic (exact) mass is 468 g/mol. The van der Waals surface area contributed by atoms with E-state index in [0.29, 0.717) is 12.1 Å². The van der Waals surface area contributed by atoms with Crippen molar-refractivity contribution >= 4 is 37.5 Å². The first-order valence-electron chi connectivity index (χ1n) is 8.83. The predicted molar refractivity (Wildman–Crippen MR) is 115 cm³/mol. The lowest BCUT2D eigenvalue weighted by atomic mass is 10.0. The number of ether oxygens (including phenoxy) is 1. The van der Waals surface area contributed by atoms with E-state index < -0.39 is 10.0 Å². The van der Waals surface area contributed by atoms with E-state index in [9.17, 15) is 13.2 Å². The molecule has 0 saturated carbocycles. The highest BCUT2D eigenvalue weighted by Crippen LogP contribution is 2.25. The van der Waals surface area contributed by atoms with Crippen molar-refractivity contribution < 1.29 is 17.9 Å². The predicted octanol–water partition coefficient (Wildman–Crippen LogP) is 3.80. The van der Waals surface area contributed by atoms with E-state index in [1.54, 1.807) is 31.4 Å². The van der Waals surface area contributed by atoms with Crippen molar-refractivity contribution in [2.24, 2.45) is 0 Å². The second-order valence-corrected chi connectivity index (χ2v) is 9.33. The fraction of sp³-hybridized carbons (Fsp3) is 0.350. The summed E-state index contributed by atoms with van der Waals surface area (Å²) in [6.45, 7) is 3.61. The Morgan fingerprint density at radius 3 is 2.50 bits per heavy atom. The fourth-order valence-electron chi connectivity index (χ4n) is 2.94. The van der Waals surface area contributed by atoms with E-state index in [0.717, 1.165) is 31.9 Å². The van der Waals surface area contributed by atoms with Crippen molar-refractivity contribution in [3.8, 4) is 5.75 Å². The van der Waals surface area contributed by atoms with Gasteiger partial charge in [0.05, 0.1) is 25.1 Å². The third-order valence-corrected chi connectivity index (χ3v) is 5.98. The van der Waals surface area contributed by atoms with Gasteiger partial charge in [-0.1, -0.05) is 41.1 Å². The number of carbonyl (C=O) groups is 1. The van der Waals surface area contributed by atoms with Crippen LogP contribution in [0, 0.1) is 6.92 Å². The van der Waals surface area contributed by atoms with Crippen LogP contribution in [-0.2, 0) is 14.8 Å². The first-order valence-corrected chi connectivity index (χ1v) is 11.5. The Labute approximate surface area is 175 Å². The fourth-order valence-corrected chi connectivity index (χ4v) is 4.18. The molecule has 152 valence electrons. The Bertz CT molecular complexity index is 947. The second kappa shape index (κ2) is 9.43. The Kier molecular flexibility index (Phi) is 7.48. The number of aryl methyl sites for hydroxylation is 1. The molecule has 8 heteroatoms. The van der Waals surface area contributed by atoms with Gasteiger partial charge in [0.2, 0.25) is 15.9 Å². The molecule has 0 fully saturated rings. The van der Waals surface area contributed by atoms with Gasteiger partial charge in [0.1, 0.15) is 12.3 Å². The summed E-state index contributed by atoms with van der Waals surface area (Å²) < 4.78 is 31.6. The molecule has 6 nitrogen and oxygen atoms in total. The SMILES string of the molecule is CCC(NC(=O)CN(c1cccc(Br)c1)S(C)(=O)=O)c1ccc(OC)c(C)c1. The number of hydrogen-bond acceptors (Lipinski definition) is 4. The van der Waals surface area contributed by atoms with Gasteiger partial charge in [-0.3, -0.25) is 9.10 Å². The van der Waals surface area contributed by atoms with E-state index in [1.807, 2.05) is 32.0 Å². The number of amides is 1. The van der Waals surface area contributed by atoms with Crippen LogP contribution in [-0.4, -0.2) is 34.2 Å². The zero-order valence-electron chi connectivity index (χ0n) is 16.4. The molecule has 1 atom stereocenters. The lowest BCUT2D eigenvalue weighted by Gasteiger charge is -2.24. The number of nitrogens with zero attached hydrogens (tertiary/aromatic N) is 1. The molecule has 1 unspecified atom stereocenters. The van der Waals surface area contributed by atoms with Crippen LogP contribution in [0.25, 0.3) is 0 Å². The summed E-state index contributed by atoms with van der Waals surface area (Å²) in [5.74, 6) is 0.411. The number of rotatable bonds is 8. The smallest absolute Gasteiger partial charge is 0.241 e. The number of halogens is 1. The summed E-state index contributed by atoms with van der Waals surface area (Å²) >= 11 is 3.33. The van der Waals surface area contributed by atoms with Gasteiger partial charge in [-0.05, 0) is 48.7 Å². The molecule has 0 saturated heterocycles. The van der Waals surface area contributed by atoms with Crippen LogP contribution in [0.4, 0.5) is 5.69 Å². The maximum atomic E-state index is 12.7. The van der Waals surface area contributed by atoms with Crippen molar-refractivity contribution in [3.63, 3.8) is 0 Å². The Morgan fingerprint density at radius 1 is 1.25 bits per heavy atom. The van der Waals surface area contributed by atoms with Crippen molar-refractivity contribution in [2.75, 3.05) is 24.2 Å². The maximum Gasteiger partial charge on any atom is 0.241 e. The summed E-state index contributed by atoms with van der Waals surface area (Å²) in [5.41, 5.74) is 2.35. The molecule has 2 aromatic rings. The van der Waals surface area contributed by atoms with E-state index in [4.69, 9.17) is 4.74 Å². The van der Waals surface area contributed by atoms with Gasteiger partial charge < -0.3 is 10.1 Å². The number of sulfonamides is 1. The number of anilines is 1. The van der Waals surface area contributed by atoms with Crippen LogP contribution in [0.1, 0.15) is 30.5 Å². The quantitative estimate of drug-likeness (QED) is 0.638. The molecule has 0 radical (unpaired) electrons. The molecule has 0 aliphatic carbocycles. The second-order valence-electron chi connectivity index (χ2n) is 6.51. The molecule has 1 N–H and O–H groups in total. The molecule has 28 heavy (non-hydrogen) atoms. The number of nitrogens with one attached hydrogen (secondary N) is 1. The van der Waals surface area contributed by atoms with Gasteiger partial charge in [0.15, 0.2) is 0 Å². The Morgan fingerprint density at radius 2 is 1.96 bits per heavy atom. The Hall–Kier alpha value is -2.06. The Balaban J connectivity index is 2.20. The lowest BCUT2D eigenvalue weighted by molar-refractivity contribution is -0.120. The summed E-state index contributed by atoms with van der Waals surface area (Å²) in [7, 11) is -2.00. The van der Waals surface area contributed by atoms with E-state index in [2.05, 4.69) is 21.2 Å². The van der Waals surface area contributed by atoms with Gasteiger partial charge in [0.25, 0.3) is 0 Å². The van der Waals surface area contributed by atoms with Crippen LogP contribution in [0.2, 0.25) is 0 Å². The zero-order chi connectivity index (χ0) is 20.9. The molecule has 0 heterocycles. The van der Waals surface area contributed by atoms with Crippen LogP contribution in [0.5, 0.6) is 5.75 Å². The number of hydrogen-bond donors (Lipinski definition) is 1. The normalized spacial score (nSPS) is 12.3. The summed E-state index contributed by atoms with van der Waals surface area (Å²) in [5, 5.41) is 2.94. The summed E-state index contributed by atoms with van der Waals surface area (Å²) in [4.78, 5) is 12.7. The molecule has 0 aliphatic heterocycles. The molecule has 0 spiro atoms. The van der Waals surface area contributed by atoms with Crippen LogP contribution < -0.4 is 14.4 Å². The molecular formula is C20H25BrN2O4S. The average Bonchev–Trinajstić information content (AvgIpc) is 2.63. The lowest BCUT2D eigenvalue weighted by Crippen LogP contribution is -2.41. The largest absolute Gasteiger partial charge is 0.496 e. The van der Waals surface area contributed by atoms with Crippen LogP contribution in [0.15, 0.2) is 46.9 Å². The third kappa shape index (κ3) is 5.72. The molecule has 1 amide bonds. The standard InChI is InChI=1S/C20H25BrN2O4S/c1-5-18(15-9-10-19(27-3)14(2)11-15)22-20(24)13-23(28(4,25)26)17-8-6-7-16(21)12-17/h6-12,18H,5,13H2,1-4H3,(H,22,24). The highest BCUT2D eigenvalue weighted by atomic mass is 79.9. The minimum Gasteiger partial charge on any atom is -0.496 e. The number of benzene rings is 2. The van der Waals surface area contributed by atoms with Crippen LogP contribution in [0.3, 0.4) is 0 Å². The van der Waals surface area contributed by atoms with Gasteiger partial charge in [0, 0.05) is 4.47 Å². The summed E-state index contributed by atoms with van der Waals surface area (Å²) in [6.07, 6.45) is 1.76. The number of methoxy groups -OCH3 is 1. The molecule has 2 rings (SSSR count). The molecular weight excluding hydrogens is 444 g/mol.